The van der Waals surface area contributed by atoms with E-state index in [0.717, 1.165) is 16.1 Å². The van der Waals surface area contributed by atoms with Crippen molar-refractivity contribution in [1.29, 1.82) is 0 Å². The minimum Gasteiger partial charge on any atom is -0.325 e. The van der Waals surface area contributed by atoms with E-state index in [-0.39, 0.29) is 4.90 Å². The number of nitrogens with one attached hydrogen (secondary N) is 2. The number of benzene rings is 3. The summed E-state index contributed by atoms with van der Waals surface area (Å²) in [7, 11) is -7.50. The molecule has 8 nitrogen and oxygen atoms in total. The molecular weight excluding hydrogens is 462 g/mol. The van der Waals surface area contributed by atoms with E-state index >= 15 is 0 Å². The quantitative estimate of drug-likeness (QED) is 0.480. The lowest BCUT2D eigenvalue weighted by molar-refractivity contribution is -0.114. The van der Waals surface area contributed by atoms with E-state index in [9.17, 15) is 21.6 Å². The van der Waals surface area contributed by atoms with Gasteiger partial charge in [0.2, 0.25) is 15.9 Å². The molecule has 0 bridgehead atoms. The molecule has 0 unspecified atom stereocenters. The average Bonchev–Trinajstić information content (AvgIpc) is 2.77. The van der Waals surface area contributed by atoms with E-state index in [0.29, 0.717) is 23.5 Å². The van der Waals surface area contributed by atoms with Crippen LogP contribution in [0.2, 0.25) is 0 Å². The van der Waals surface area contributed by atoms with Crippen LogP contribution in [0.4, 0.5) is 17.1 Å². The van der Waals surface area contributed by atoms with Gasteiger partial charge in [-0.2, -0.15) is 0 Å². The van der Waals surface area contributed by atoms with Crippen LogP contribution in [0.25, 0.3) is 0 Å². The van der Waals surface area contributed by atoms with Crippen LogP contribution in [0.5, 0.6) is 0 Å². The highest BCUT2D eigenvalue weighted by Gasteiger charge is 2.23. The number of nitrogens with zero attached hydrogens (tertiary/aromatic N) is 1. The molecule has 2 N–H and O–H groups in total. The number of aryl methyl sites for hydroxylation is 1. The predicted molar refractivity (Wildman–Crippen MR) is 130 cm³/mol. The third-order valence-corrected chi connectivity index (χ3v) is 7.33. The summed E-state index contributed by atoms with van der Waals surface area (Å²) in [4.78, 5) is 12.6. The lowest BCUT2D eigenvalue weighted by atomic mass is 10.1. The second kappa shape index (κ2) is 10.1. The predicted octanol–water partition coefficient (Wildman–Crippen LogP) is 3.45. The molecule has 0 aliphatic carbocycles. The Morgan fingerprint density at radius 1 is 0.818 bits per heavy atom. The highest BCUT2D eigenvalue weighted by atomic mass is 32.2. The molecule has 0 aliphatic heterocycles. The SMILES string of the molecule is CCc1ccccc1N(CC(=O)Nc1ccc(S(=O)(=O)Nc2ccccc2)cc1)S(C)(=O)=O. The van der Waals surface area contributed by atoms with Gasteiger partial charge in [0.15, 0.2) is 0 Å². The molecule has 3 aromatic carbocycles. The normalized spacial score (nSPS) is 11.6. The first-order chi connectivity index (χ1) is 15.6. The zero-order chi connectivity index (χ0) is 24.1. The molecule has 3 aromatic rings. The first-order valence-electron chi connectivity index (χ1n) is 10.1. The molecule has 0 fully saturated rings. The Morgan fingerprint density at radius 2 is 1.42 bits per heavy atom. The highest BCUT2D eigenvalue weighted by molar-refractivity contribution is 7.92. The topological polar surface area (TPSA) is 113 Å². The summed E-state index contributed by atoms with van der Waals surface area (Å²) in [5, 5.41) is 2.62. The van der Waals surface area contributed by atoms with E-state index in [1.807, 2.05) is 19.1 Å². The Labute approximate surface area is 194 Å². The van der Waals surface area contributed by atoms with Gasteiger partial charge in [-0.3, -0.25) is 13.8 Å². The van der Waals surface area contributed by atoms with Crippen molar-refractivity contribution in [1.82, 2.24) is 0 Å². The maximum Gasteiger partial charge on any atom is 0.261 e. The number of hydrogen-bond donors (Lipinski definition) is 2. The molecule has 0 heterocycles. The van der Waals surface area contributed by atoms with Gasteiger partial charge in [-0.1, -0.05) is 43.3 Å². The number of rotatable bonds is 9. The molecule has 33 heavy (non-hydrogen) atoms. The number of sulfonamides is 2. The summed E-state index contributed by atoms with van der Waals surface area (Å²) in [6.07, 6.45) is 1.66. The van der Waals surface area contributed by atoms with Crippen molar-refractivity contribution in [3.8, 4) is 0 Å². The number of carbonyl (C=O) groups excluding carboxylic acids is 1. The molecule has 0 aliphatic rings. The van der Waals surface area contributed by atoms with Crippen LogP contribution in [0.3, 0.4) is 0 Å². The molecule has 0 saturated heterocycles. The van der Waals surface area contributed by atoms with Gasteiger partial charge < -0.3 is 5.32 Å². The van der Waals surface area contributed by atoms with Crippen molar-refractivity contribution in [3.05, 3.63) is 84.4 Å². The van der Waals surface area contributed by atoms with Crippen molar-refractivity contribution in [3.63, 3.8) is 0 Å². The molecule has 0 atom stereocenters. The monoisotopic (exact) mass is 487 g/mol. The standard InChI is InChI=1S/C23H25N3O5S2/c1-3-18-9-7-8-12-22(18)26(32(2,28)29)17-23(27)24-19-13-15-21(16-14-19)33(30,31)25-20-10-5-4-6-11-20/h4-16,25H,3,17H2,1-2H3,(H,24,27). The summed E-state index contributed by atoms with van der Waals surface area (Å²) in [6.45, 7) is 1.49. The Kier molecular flexibility index (Phi) is 7.39. The fourth-order valence-electron chi connectivity index (χ4n) is 3.20. The van der Waals surface area contributed by atoms with Crippen LogP contribution in [-0.2, 0) is 31.3 Å². The van der Waals surface area contributed by atoms with Crippen LogP contribution in [-0.4, -0.2) is 35.5 Å². The minimum absolute atomic E-state index is 0.0268. The number of anilines is 3. The number of amides is 1. The molecule has 1 amide bonds. The van der Waals surface area contributed by atoms with Crippen LogP contribution >= 0.6 is 0 Å². The van der Waals surface area contributed by atoms with Crippen molar-refractivity contribution in [2.24, 2.45) is 0 Å². The van der Waals surface area contributed by atoms with Crippen LogP contribution < -0.4 is 14.3 Å². The Bertz CT molecular complexity index is 1320. The highest BCUT2D eigenvalue weighted by Crippen LogP contribution is 2.24. The van der Waals surface area contributed by atoms with Gasteiger partial charge in [0.25, 0.3) is 10.0 Å². The van der Waals surface area contributed by atoms with Gasteiger partial charge >= 0.3 is 0 Å². The summed E-state index contributed by atoms with van der Waals surface area (Å²) in [5.41, 5.74) is 2.03. The van der Waals surface area contributed by atoms with E-state index < -0.39 is 32.5 Å². The fraction of sp³-hybridized carbons (Fsp3) is 0.174. The van der Waals surface area contributed by atoms with Crippen LogP contribution in [0.15, 0.2) is 83.8 Å². The van der Waals surface area contributed by atoms with Gasteiger partial charge in [-0.25, -0.2) is 16.8 Å². The maximum atomic E-state index is 12.6. The van der Waals surface area contributed by atoms with Gasteiger partial charge in [0.1, 0.15) is 6.54 Å². The Morgan fingerprint density at radius 3 is 2.03 bits per heavy atom. The zero-order valence-corrected chi connectivity index (χ0v) is 19.9. The average molecular weight is 488 g/mol. The second-order valence-corrected chi connectivity index (χ2v) is 10.9. The second-order valence-electron chi connectivity index (χ2n) is 7.30. The maximum absolute atomic E-state index is 12.6. The van der Waals surface area contributed by atoms with Gasteiger partial charge in [-0.15, -0.1) is 0 Å². The Balaban J connectivity index is 1.73. The third kappa shape index (κ3) is 6.33. The van der Waals surface area contributed by atoms with E-state index in [1.165, 1.54) is 24.3 Å². The molecule has 174 valence electrons. The van der Waals surface area contributed by atoms with Crippen LogP contribution in [0, 0.1) is 0 Å². The minimum atomic E-state index is -3.79. The lowest BCUT2D eigenvalue weighted by Crippen LogP contribution is -2.38. The summed E-state index contributed by atoms with van der Waals surface area (Å²) >= 11 is 0. The third-order valence-electron chi connectivity index (χ3n) is 4.80. The molecule has 10 heteroatoms. The largest absolute Gasteiger partial charge is 0.325 e. The van der Waals surface area contributed by atoms with E-state index in [4.69, 9.17) is 0 Å². The van der Waals surface area contributed by atoms with Gasteiger partial charge in [0, 0.05) is 11.4 Å². The van der Waals surface area contributed by atoms with Gasteiger partial charge in [-0.05, 0) is 54.4 Å². The fourth-order valence-corrected chi connectivity index (χ4v) is 5.15. The first-order valence-corrected chi connectivity index (χ1v) is 13.5. The van der Waals surface area contributed by atoms with Crippen molar-refractivity contribution in [2.75, 3.05) is 27.1 Å². The zero-order valence-electron chi connectivity index (χ0n) is 18.2. The number of hydrogen-bond acceptors (Lipinski definition) is 5. The number of para-hydroxylation sites is 2. The summed E-state index contributed by atoms with van der Waals surface area (Å²) < 4.78 is 53.3. The smallest absolute Gasteiger partial charge is 0.261 e. The molecule has 0 spiro atoms. The van der Waals surface area contributed by atoms with Crippen LogP contribution in [0.1, 0.15) is 12.5 Å². The molecule has 0 radical (unpaired) electrons. The number of carbonyl (C=O) groups is 1. The van der Waals surface area contributed by atoms with Crippen molar-refractivity contribution >= 4 is 43.0 Å². The van der Waals surface area contributed by atoms with E-state index in [2.05, 4.69) is 10.0 Å². The molecule has 3 rings (SSSR count). The lowest BCUT2D eigenvalue weighted by Gasteiger charge is -2.24. The first kappa shape index (κ1) is 24.3. The van der Waals surface area contributed by atoms with E-state index in [1.54, 1.807) is 42.5 Å². The molecule has 0 aromatic heterocycles. The molecular formula is C23H25N3O5S2. The van der Waals surface area contributed by atoms with Crippen molar-refractivity contribution < 1.29 is 21.6 Å². The summed E-state index contributed by atoms with van der Waals surface area (Å²) in [5.74, 6) is -0.552. The Hall–Kier alpha value is -3.37. The van der Waals surface area contributed by atoms with Gasteiger partial charge in [0.05, 0.1) is 16.8 Å². The van der Waals surface area contributed by atoms with Crippen molar-refractivity contribution in [2.45, 2.75) is 18.2 Å². The molecule has 0 saturated carbocycles. The summed E-state index contributed by atoms with van der Waals surface area (Å²) in [6, 6.07) is 21.1.